The van der Waals surface area contributed by atoms with Gasteiger partial charge in [0.05, 0.1) is 5.69 Å². The lowest BCUT2D eigenvalue weighted by Gasteiger charge is -2.27. The summed E-state index contributed by atoms with van der Waals surface area (Å²) in [6.45, 7) is 2.14. The molecule has 0 aliphatic heterocycles. The normalized spacial score (nSPS) is 11.0. The topological polar surface area (TPSA) is 3.24 Å². The highest BCUT2D eigenvalue weighted by Gasteiger charge is 2.17. The number of anilines is 3. The van der Waals surface area contributed by atoms with Crippen LogP contribution in [0.5, 0.6) is 0 Å². The van der Waals surface area contributed by atoms with Gasteiger partial charge in [0.1, 0.15) is 0 Å². The Hall–Kier alpha value is -6.96. The van der Waals surface area contributed by atoms with Crippen LogP contribution < -0.4 is 4.90 Å². The molecule has 8 aromatic carbocycles. The van der Waals surface area contributed by atoms with Gasteiger partial charge < -0.3 is 4.90 Å². The molecule has 54 heavy (non-hydrogen) atoms. The van der Waals surface area contributed by atoms with E-state index in [9.17, 15) is 0 Å². The molecule has 0 N–H and O–H groups in total. The van der Waals surface area contributed by atoms with Gasteiger partial charge >= 0.3 is 0 Å². The molecule has 0 saturated carbocycles. The zero-order chi connectivity index (χ0) is 36.5. The van der Waals surface area contributed by atoms with Crippen LogP contribution in [-0.4, -0.2) is 0 Å². The zero-order valence-corrected chi connectivity index (χ0v) is 30.4. The Morgan fingerprint density at radius 3 is 1.37 bits per heavy atom. The number of fused-ring (bicyclic) bond motifs is 1. The summed E-state index contributed by atoms with van der Waals surface area (Å²) in [4.78, 5) is 2.38. The van der Waals surface area contributed by atoms with Gasteiger partial charge in [-0.3, -0.25) is 0 Å². The fourth-order valence-corrected chi connectivity index (χ4v) is 7.07. The Kier molecular flexibility index (Phi) is 10.2. The van der Waals surface area contributed by atoms with Crippen molar-refractivity contribution < 1.29 is 0 Å². The summed E-state index contributed by atoms with van der Waals surface area (Å²) in [5.74, 6) is 0. The van der Waals surface area contributed by atoms with Crippen LogP contribution >= 0.6 is 0 Å². The number of nitrogens with zero attached hydrogens (tertiary/aromatic N) is 1. The van der Waals surface area contributed by atoms with E-state index in [1.807, 2.05) is 0 Å². The zero-order valence-electron chi connectivity index (χ0n) is 30.4. The first-order valence-electron chi connectivity index (χ1n) is 18.5. The first-order valence-corrected chi connectivity index (χ1v) is 18.5. The van der Waals surface area contributed by atoms with Gasteiger partial charge in [-0.2, -0.15) is 0 Å². The lowest BCUT2D eigenvalue weighted by molar-refractivity contribution is 1.29. The quantitative estimate of drug-likeness (QED) is 0.102. The maximum atomic E-state index is 2.38. The number of aryl methyl sites for hydroxylation is 1. The molecular weight excluding hydrogens is 651 g/mol. The lowest BCUT2D eigenvalue weighted by atomic mass is 9.95. The molecule has 8 aromatic rings. The van der Waals surface area contributed by atoms with Crippen molar-refractivity contribution in [2.24, 2.45) is 0 Å². The third-order valence-corrected chi connectivity index (χ3v) is 9.81. The van der Waals surface area contributed by atoms with E-state index in [4.69, 9.17) is 0 Å². The highest BCUT2D eigenvalue weighted by atomic mass is 15.1. The van der Waals surface area contributed by atoms with Gasteiger partial charge in [0.2, 0.25) is 0 Å². The summed E-state index contributed by atoms with van der Waals surface area (Å²) in [6.07, 6.45) is 8.92. The smallest absolute Gasteiger partial charge is 0.0540 e. The summed E-state index contributed by atoms with van der Waals surface area (Å²) in [5, 5.41) is 2.39. The molecule has 0 atom stereocenters. The van der Waals surface area contributed by atoms with Crippen molar-refractivity contribution in [2.75, 3.05) is 4.90 Å². The molecule has 258 valence electrons. The van der Waals surface area contributed by atoms with E-state index in [1.54, 1.807) is 0 Å². The monoisotopic (exact) mass is 691 g/mol. The molecule has 0 aliphatic carbocycles. The molecule has 0 bridgehead atoms. The average molecular weight is 692 g/mol. The highest BCUT2D eigenvalue weighted by Crippen LogP contribution is 2.40. The highest BCUT2D eigenvalue weighted by molar-refractivity contribution is 6.03. The van der Waals surface area contributed by atoms with Crippen LogP contribution in [0.3, 0.4) is 0 Å². The van der Waals surface area contributed by atoms with Gasteiger partial charge in [-0.25, -0.2) is 0 Å². The van der Waals surface area contributed by atoms with E-state index in [1.165, 1.54) is 55.3 Å². The second-order valence-corrected chi connectivity index (χ2v) is 13.4. The maximum absolute atomic E-state index is 2.38. The largest absolute Gasteiger partial charge is 0.310 e. The molecule has 0 saturated heterocycles. The molecule has 0 spiro atoms. The van der Waals surface area contributed by atoms with Crippen molar-refractivity contribution >= 4 is 51.1 Å². The minimum absolute atomic E-state index is 1.10. The first-order chi connectivity index (χ1) is 26.7. The van der Waals surface area contributed by atoms with Crippen molar-refractivity contribution in [1.29, 1.82) is 0 Å². The van der Waals surface area contributed by atoms with Crippen molar-refractivity contribution in [1.82, 2.24) is 0 Å². The lowest BCUT2D eigenvalue weighted by Crippen LogP contribution is -2.10. The molecule has 0 heterocycles. The minimum atomic E-state index is 1.10. The van der Waals surface area contributed by atoms with Gasteiger partial charge in [-0.1, -0.05) is 200 Å². The molecule has 0 unspecified atom stereocenters. The van der Waals surface area contributed by atoms with Gasteiger partial charge in [0, 0.05) is 16.8 Å². The molecule has 0 amide bonds. The Morgan fingerprint density at radius 1 is 0.407 bits per heavy atom. The summed E-state index contributed by atoms with van der Waals surface area (Å²) in [7, 11) is 0. The number of allylic oxidation sites excluding steroid dienone is 2. The fraction of sp³-hybridized carbons (Fsp3) is 0.0189. The van der Waals surface area contributed by atoms with Crippen LogP contribution in [0, 0.1) is 6.92 Å². The predicted molar refractivity (Wildman–Crippen MR) is 232 cm³/mol. The van der Waals surface area contributed by atoms with Crippen molar-refractivity contribution in [3.8, 4) is 0 Å². The minimum Gasteiger partial charge on any atom is -0.310 e. The molecule has 1 heteroatoms. The summed E-state index contributed by atoms with van der Waals surface area (Å²) >= 11 is 0. The Bertz CT molecular complexity index is 2460. The number of hydrogen-bond acceptors (Lipinski definition) is 1. The third kappa shape index (κ3) is 7.62. The van der Waals surface area contributed by atoms with Crippen LogP contribution in [-0.2, 0) is 0 Å². The van der Waals surface area contributed by atoms with E-state index in [0.717, 1.165) is 22.6 Å². The molecule has 0 fully saturated rings. The number of benzene rings is 8. The molecule has 0 aliphatic rings. The average Bonchev–Trinajstić information content (AvgIpc) is 3.24. The maximum Gasteiger partial charge on any atom is 0.0540 e. The van der Waals surface area contributed by atoms with E-state index >= 15 is 0 Å². The summed E-state index contributed by atoms with van der Waals surface area (Å²) in [6, 6.07) is 73.4. The third-order valence-electron chi connectivity index (χ3n) is 9.81. The Morgan fingerprint density at radius 2 is 0.852 bits per heavy atom. The number of rotatable bonds is 10. The van der Waals surface area contributed by atoms with Crippen molar-refractivity contribution in [2.45, 2.75) is 6.92 Å². The second kappa shape index (κ2) is 16.2. The van der Waals surface area contributed by atoms with Gasteiger partial charge in [0.25, 0.3) is 0 Å². The standard InChI is InChI=1S/C53H41N/c1-40-29-34-47(35-30-40)54(48-36-31-41(32-37-48)39-52(44-21-10-4-11-22-44)45-23-12-5-13-24-45)53-38-33-46(50-26-14-15-27-51(50)53)25-16-28-49(42-17-6-2-7-18-42)43-19-8-3-9-20-43/h2-39H,1H3. The van der Waals surface area contributed by atoms with Crippen LogP contribution in [0.25, 0.3) is 34.1 Å². The molecule has 0 radical (unpaired) electrons. The van der Waals surface area contributed by atoms with E-state index in [2.05, 4.69) is 242 Å². The first kappa shape index (κ1) is 34.1. The van der Waals surface area contributed by atoms with E-state index in [-0.39, 0.29) is 0 Å². The molecule has 0 aromatic heterocycles. The van der Waals surface area contributed by atoms with E-state index < -0.39 is 0 Å². The second-order valence-electron chi connectivity index (χ2n) is 13.4. The Balaban J connectivity index is 1.19. The molecular formula is C53H41N. The van der Waals surface area contributed by atoms with Crippen LogP contribution in [0.15, 0.2) is 218 Å². The van der Waals surface area contributed by atoms with Gasteiger partial charge in [-0.05, 0) is 93.2 Å². The van der Waals surface area contributed by atoms with Gasteiger partial charge in [0.15, 0.2) is 0 Å². The summed E-state index contributed by atoms with van der Waals surface area (Å²) < 4.78 is 0. The van der Waals surface area contributed by atoms with Crippen LogP contribution in [0.4, 0.5) is 17.1 Å². The molecule has 1 nitrogen and oxygen atoms in total. The van der Waals surface area contributed by atoms with Crippen LogP contribution in [0.1, 0.15) is 38.9 Å². The van der Waals surface area contributed by atoms with Crippen molar-refractivity contribution in [3.05, 3.63) is 257 Å². The van der Waals surface area contributed by atoms with Crippen LogP contribution in [0.2, 0.25) is 0 Å². The van der Waals surface area contributed by atoms with Gasteiger partial charge in [-0.15, -0.1) is 0 Å². The van der Waals surface area contributed by atoms with Crippen molar-refractivity contribution in [3.63, 3.8) is 0 Å². The molecule has 8 rings (SSSR count). The summed E-state index contributed by atoms with van der Waals surface area (Å²) in [5.41, 5.74) is 14.1. The SMILES string of the molecule is Cc1ccc(N(c2ccc(C=C(c3ccccc3)c3ccccc3)cc2)c2ccc(C=CC=C(c3ccccc3)c3ccccc3)c3ccccc23)cc1. The fourth-order valence-electron chi connectivity index (χ4n) is 7.07. The Labute approximate surface area is 319 Å². The van der Waals surface area contributed by atoms with E-state index in [0.29, 0.717) is 0 Å². The number of hydrogen-bond donors (Lipinski definition) is 0. The predicted octanol–water partition coefficient (Wildman–Crippen LogP) is 14.4.